The molecule has 1 aliphatic heterocycles. The lowest BCUT2D eigenvalue weighted by Crippen LogP contribution is -2.29. The zero-order chi connectivity index (χ0) is 21.1. The van der Waals surface area contributed by atoms with Gasteiger partial charge in [-0.15, -0.1) is 22.7 Å². The molecule has 0 saturated heterocycles. The predicted octanol–water partition coefficient (Wildman–Crippen LogP) is 7.59. The maximum atomic E-state index is 2.38. The van der Waals surface area contributed by atoms with E-state index >= 15 is 0 Å². The highest BCUT2D eigenvalue weighted by atomic mass is 32.1. The van der Waals surface area contributed by atoms with Crippen molar-refractivity contribution in [1.82, 2.24) is 0 Å². The molecule has 3 heterocycles. The number of rotatable bonds is 3. The number of thiophene rings is 2. The lowest BCUT2D eigenvalue weighted by atomic mass is 10.2. The Morgan fingerprint density at radius 1 is 0.500 bits per heavy atom. The van der Waals surface area contributed by atoms with Crippen LogP contribution in [0.1, 0.15) is 5.56 Å². The number of benzene rings is 4. The van der Waals surface area contributed by atoms with Gasteiger partial charge in [0, 0.05) is 20.2 Å². The largest absolute Gasteiger partial charge is 0.132 e. The van der Waals surface area contributed by atoms with Crippen LogP contribution in [0.3, 0.4) is 0 Å². The third-order valence-electron chi connectivity index (χ3n) is 6.57. The number of hydrogen-bond donors (Lipinski definition) is 0. The van der Waals surface area contributed by atoms with Gasteiger partial charge in [-0.3, -0.25) is 0 Å². The zero-order valence-corrected chi connectivity index (χ0v) is 19.9. The van der Waals surface area contributed by atoms with Gasteiger partial charge in [-0.1, -0.05) is 72.8 Å². The average molecular weight is 464 g/mol. The average Bonchev–Trinajstić information content (AvgIpc) is 3.49. The topological polar surface area (TPSA) is 0 Å². The second-order valence-corrected chi connectivity index (χ2v) is 13.8. The Kier molecular flexibility index (Phi) is 4.17. The second-order valence-electron chi connectivity index (χ2n) is 8.34. The van der Waals surface area contributed by atoms with Crippen LogP contribution in [0.4, 0.5) is 0 Å². The van der Waals surface area contributed by atoms with Crippen LogP contribution >= 0.6 is 29.9 Å². The van der Waals surface area contributed by atoms with Crippen LogP contribution in [0.2, 0.25) is 0 Å². The summed E-state index contributed by atoms with van der Waals surface area (Å²) in [5.41, 5.74) is 1.43. The Bertz CT molecular complexity index is 1510. The van der Waals surface area contributed by atoms with Gasteiger partial charge in [0.1, 0.15) is 23.2 Å². The summed E-state index contributed by atoms with van der Waals surface area (Å²) in [6.07, 6.45) is 1.07. The summed E-state index contributed by atoms with van der Waals surface area (Å²) in [4.78, 5) is 3.02. The van der Waals surface area contributed by atoms with Gasteiger partial charge in [-0.05, 0) is 42.0 Å². The fraction of sp³-hybridized carbons (Fsp3) is 0.0345. The molecular formula is C29H20PS2+. The fourth-order valence-electron chi connectivity index (χ4n) is 5.29. The molecule has 0 aliphatic carbocycles. The van der Waals surface area contributed by atoms with Crippen molar-refractivity contribution in [3.8, 4) is 9.75 Å². The van der Waals surface area contributed by atoms with Crippen molar-refractivity contribution in [2.75, 3.05) is 0 Å². The Morgan fingerprint density at radius 3 is 1.53 bits per heavy atom. The number of fused-ring (bicyclic) bond motifs is 7. The van der Waals surface area contributed by atoms with E-state index in [1.165, 1.54) is 40.8 Å². The molecule has 0 nitrogen and oxygen atoms in total. The standard InChI is InChI=1S/C29H20PS2/c1-3-11-20(12-4-1)19-30(21-13-5-2-6-14-21)26-22-15-7-9-17-24(22)31-28(26)29-27(30)23-16-8-10-18-25(23)32-29/h1-18H,19H2/q+1. The van der Waals surface area contributed by atoms with E-state index in [0.717, 1.165) is 6.16 Å². The van der Waals surface area contributed by atoms with E-state index in [2.05, 4.69) is 109 Å². The fourth-order valence-corrected chi connectivity index (χ4v) is 14.0. The Morgan fingerprint density at radius 2 is 0.969 bits per heavy atom. The highest BCUT2D eigenvalue weighted by Crippen LogP contribution is 2.69. The molecule has 1 aliphatic rings. The van der Waals surface area contributed by atoms with Gasteiger partial charge < -0.3 is 0 Å². The molecule has 0 fully saturated rings. The molecule has 0 radical (unpaired) electrons. The molecule has 0 spiro atoms. The first kappa shape index (κ1) is 18.8. The smallest absolute Gasteiger partial charge is 0.130 e. The van der Waals surface area contributed by atoms with Crippen LogP contribution in [0.25, 0.3) is 29.9 Å². The predicted molar refractivity (Wildman–Crippen MR) is 145 cm³/mol. The van der Waals surface area contributed by atoms with Gasteiger partial charge in [0.25, 0.3) is 0 Å². The van der Waals surface area contributed by atoms with Gasteiger partial charge in [0.05, 0.1) is 15.9 Å². The third kappa shape index (κ3) is 2.52. The minimum atomic E-state index is -1.88. The van der Waals surface area contributed by atoms with Crippen molar-refractivity contribution in [3.05, 3.63) is 115 Å². The summed E-state index contributed by atoms with van der Waals surface area (Å²) >= 11 is 3.98. The summed E-state index contributed by atoms with van der Waals surface area (Å²) in [6.45, 7) is 0. The number of hydrogen-bond acceptors (Lipinski definition) is 2. The first-order valence-corrected chi connectivity index (χ1v) is 14.5. The molecule has 0 amide bonds. The van der Waals surface area contributed by atoms with E-state index in [9.17, 15) is 0 Å². The molecule has 0 bridgehead atoms. The quantitative estimate of drug-likeness (QED) is 0.237. The van der Waals surface area contributed by atoms with E-state index < -0.39 is 7.26 Å². The van der Waals surface area contributed by atoms with E-state index in [0.29, 0.717) is 0 Å². The molecule has 7 rings (SSSR count). The van der Waals surface area contributed by atoms with Crippen molar-refractivity contribution in [3.63, 3.8) is 0 Å². The Balaban J connectivity index is 1.68. The van der Waals surface area contributed by atoms with Crippen LogP contribution in [0.5, 0.6) is 0 Å². The Labute approximate surface area is 196 Å². The molecule has 152 valence electrons. The van der Waals surface area contributed by atoms with Gasteiger partial charge in [-0.2, -0.15) is 0 Å². The summed E-state index contributed by atoms with van der Waals surface area (Å²) in [7, 11) is -1.88. The van der Waals surface area contributed by atoms with E-state index in [1.54, 1.807) is 10.6 Å². The molecule has 32 heavy (non-hydrogen) atoms. The van der Waals surface area contributed by atoms with E-state index in [1.807, 2.05) is 22.7 Å². The third-order valence-corrected chi connectivity index (χ3v) is 13.9. The highest BCUT2D eigenvalue weighted by molar-refractivity contribution is 7.97. The van der Waals surface area contributed by atoms with Crippen molar-refractivity contribution in [2.24, 2.45) is 0 Å². The first-order valence-electron chi connectivity index (χ1n) is 10.9. The SMILES string of the molecule is c1ccc(C[P+]2(c3ccccc3)c3c(sc4ccccc34)-c3sc4ccccc4c32)cc1. The maximum absolute atomic E-state index is 2.38. The van der Waals surface area contributed by atoms with Gasteiger partial charge >= 0.3 is 0 Å². The van der Waals surface area contributed by atoms with Gasteiger partial charge in [0.2, 0.25) is 0 Å². The van der Waals surface area contributed by atoms with Crippen LogP contribution < -0.4 is 15.9 Å². The molecule has 0 saturated carbocycles. The molecule has 4 aromatic carbocycles. The first-order chi connectivity index (χ1) is 15.9. The van der Waals surface area contributed by atoms with Crippen molar-refractivity contribution < 1.29 is 0 Å². The molecule has 3 heteroatoms. The molecule has 2 aromatic heterocycles. The van der Waals surface area contributed by atoms with Crippen LogP contribution in [-0.2, 0) is 6.16 Å². The summed E-state index contributed by atoms with van der Waals surface area (Å²) < 4.78 is 2.82. The van der Waals surface area contributed by atoms with Crippen molar-refractivity contribution >= 4 is 66.0 Å². The highest BCUT2D eigenvalue weighted by Gasteiger charge is 2.57. The summed E-state index contributed by atoms with van der Waals surface area (Å²) in [5, 5.41) is 7.62. The molecule has 0 atom stereocenters. The zero-order valence-electron chi connectivity index (χ0n) is 17.4. The van der Waals surface area contributed by atoms with Crippen LogP contribution in [-0.4, -0.2) is 0 Å². The van der Waals surface area contributed by atoms with Gasteiger partial charge in [-0.25, -0.2) is 0 Å². The lowest BCUT2D eigenvalue weighted by molar-refractivity contribution is 1.40. The van der Waals surface area contributed by atoms with E-state index in [4.69, 9.17) is 0 Å². The summed E-state index contributed by atoms with van der Waals surface area (Å²) in [5.74, 6) is 0. The van der Waals surface area contributed by atoms with E-state index in [-0.39, 0.29) is 0 Å². The normalized spacial score (nSPS) is 14.0. The maximum Gasteiger partial charge on any atom is 0.132 e. The second kappa shape index (κ2) is 7.12. The molecular weight excluding hydrogens is 443 g/mol. The molecule has 0 unspecified atom stereocenters. The molecule has 0 N–H and O–H groups in total. The van der Waals surface area contributed by atoms with Crippen molar-refractivity contribution in [2.45, 2.75) is 6.16 Å². The monoisotopic (exact) mass is 463 g/mol. The minimum absolute atomic E-state index is 1.07. The van der Waals surface area contributed by atoms with Crippen LogP contribution in [0.15, 0.2) is 109 Å². The van der Waals surface area contributed by atoms with Crippen molar-refractivity contribution in [1.29, 1.82) is 0 Å². The van der Waals surface area contributed by atoms with Crippen LogP contribution in [0, 0.1) is 0 Å². The summed E-state index contributed by atoms with van der Waals surface area (Å²) in [6, 6.07) is 40.6. The van der Waals surface area contributed by atoms with Gasteiger partial charge in [0.15, 0.2) is 0 Å². The minimum Gasteiger partial charge on any atom is -0.130 e. The lowest BCUT2D eigenvalue weighted by Gasteiger charge is -2.24. The Hall–Kier alpha value is -2.77. The molecule has 6 aromatic rings.